The fraction of sp³-hybridized carbons (Fsp3) is 0.500. The number of benzene rings is 1. The molecule has 132 valence electrons. The van der Waals surface area contributed by atoms with E-state index < -0.39 is 0 Å². The van der Waals surface area contributed by atoms with Crippen molar-refractivity contribution in [2.75, 3.05) is 13.1 Å². The van der Waals surface area contributed by atoms with Crippen LogP contribution in [0.15, 0.2) is 42.9 Å². The normalized spacial score (nSPS) is 20.1. The minimum Gasteiger partial charge on any atom is -0.348 e. The first-order valence-corrected chi connectivity index (χ1v) is 9.40. The lowest BCUT2D eigenvalue weighted by Crippen LogP contribution is -2.47. The number of carbonyl (C=O) groups excluding carboxylic acids is 1. The molecule has 0 bridgehead atoms. The van der Waals surface area contributed by atoms with Crippen molar-refractivity contribution in [2.24, 2.45) is 5.92 Å². The van der Waals surface area contributed by atoms with Crippen LogP contribution in [-0.4, -0.2) is 34.0 Å². The van der Waals surface area contributed by atoms with Gasteiger partial charge < -0.3 is 15.2 Å². The number of rotatable bonds is 4. The Balaban J connectivity index is 1.37. The van der Waals surface area contributed by atoms with Gasteiger partial charge in [-0.1, -0.05) is 36.8 Å². The molecular weight excluding hydrogens is 312 g/mol. The molecule has 5 nitrogen and oxygen atoms in total. The summed E-state index contributed by atoms with van der Waals surface area (Å²) in [5.74, 6) is 1.07. The van der Waals surface area contributed by atoms with Crippen LogP contribution in [0.25, 0.3) is 0 Å². The number of likely N-dealkylation sites (tertiary alicyclic amines) is 1. The van der Waals surface area contributed by atoms with E-state index in [-0.39, 0.29) is 12.1 Å². The molecule has 2 aromatic rings. The van der Waals surface area contributed by atoms with Crippen molar-refractivity contribution >= 4 is 6.03 Å². The van der Waals surface area contributed by atoms with Crippen LogP contribution in [0, 0.1) is 5.92 Å². The number of hydrogen-bond donors (Lipinski definition) is 2. The fourth-order valence-corrected chi connectivity index (χ4v) is 4.01. The SMILES string of the molecule is O=C(N[C@@H](c1ccccc1)C1CCC1)N1CCC(c2cnc[nH]2)CC1. The molecule has 4 rings (SSSR count). The van der Waals surface area contributed by atoms with E-state index in [0.717, 1.165) is 25.9 Å². The van der Waals surface area contributed by atoms with Gasteiger partial charge in [-0.2, -0.15) is 0 Å². The summed E-state index contributed by atoms with van der Waals surface area (Å²) in [4.78, 5) is 22.1. The molecule has 25 heavy (non-hydrogen) atoms. The highest BCUT2D eigenvalue weighted by Gasteiger charge is 2.32. The quantitative estimate of drug-likeness (QED) is 0.890. The molecule has 0 unspecified atom stereocenters. The highest BCUT2D eigenvalue weighted by atomic mass is 16.2. The third-order valence-electron chi connectivity index (χ3n) is 5.80. The van der Waals surface area contributed by atoms with Gasteiger partial charge in [0.1, 0.15) is 0 Å². The van der Waals surface area contributed by atoms with Gasteiger partial charge in [-0.15, -0.1) is 0 Å². The summed E-state index contributed by atoms with van der Waals surface area (Å²) in [7, 11) is 0. The van der Waals surface area contributed by atoms with E-state index in [2.05, 4.69) is 39.6 Å². The fourth-order valence-electron chi connectivity index (χ4n) is 4.01. The standard InChI is InChI=1S/C20H26N4O/c25-20(24-11-9-15(10-12-24)18-13-21-14-22-18)23-19(17-7-4-8-17)16-5-2-1-3-6-16/h1-3,5-6,13-15,17,19H,4,7-12H2,(H,21,22)(H,23,25)/t19-/m0/s1. The average Bonchev–Trinajstić information content (AvgIpc) is 3.15. The van der Waals surface area contributed by atoms with Crippen LogP contribution in [0.2, 0.25) is 0 Å². The monoisotopic (exact) mass is 338 g/mol. The minimum absolute atomic E-state index is 0.0869. The Kier molecular flexibility index (Phi) is 4.72. The van der Waals surface area contributed by atoms with Crippen molar-refractivity contribution in [2.45, 2.75) is 44.1 Å². The topological polar surface area (TPSA) is 61.0 Å². The van der Waals surface area contributed by atoms with Crippen LogP contribution in [0.5, 0.6) is 0 Å². The number of nitrogens with one attached hydrogen (secondary N) is 2. The number of aromatic amines is 1. The van der Waals surface area contributed by atoms with Crippen LogP contribution in [0.1, 0.15) is 55.3 Å². The first-order valence-electron chi connectivity index (χ1n) is 9.40. The molecule has 5 heteroatoms. The molecule has 2 aliphatic rings. The van der Waals surface area contributed by atoms with E-state index in [1.807, 2.05) is 17.2 Å². The Morgan fingerprint density at radius 1 is 1.16 bits per heavy atom. The van der Waals surface area contributed by atoms with Gasteiger partial charge >= 0.3 is 6.03 Å². The molecule has 1 aromatic carbocycles. The maximum absolute atomic E-state index is 12.8. The van der Waals surface area contributed by atoms with E-state index in [1.165, 1.54) is 30.5 Å². The van der Waals surface area contributed by atoms with E-state index in [9.17, 15) is 4.79 Å². The number of amides is 2. The lowest BCUT2D eigenvalue weighted by atomic mass is 9.77. The maximum atomic E-state index is 12.8. The number of aromatic nitrogens is 2. The number of carbonyl (C=O) groups is 1. The molecule has 2 fully saturated rings. The lowest BCUT2D eigenvalue weighted by Gasteiger charge is -2.37. The predicted molar refractivity (Wildman–Crippen MR) is 97.2 cm³/mol. The second kappa shape index (κ2) is 7.30. The highest BCUT2D eigenvalue weighted by molar-refractivity contribution is 5.75. The largest absolute Gasteiger partial charge is 0.348 e. The third-order valence-corrected chi connectivity index (χ3v) is 5.80. The van der Waals surface area contributed by atoms with Crippen LogP contribution in [0.3, 0.4) is 0 Å². The van der Waals surface area contributed by atoms with Gasteiger partial charge in [-0.05, 0) is 37.2 Å². The molecule has 2 amide bonds. The van der Waals surface area contributed by atoms with Crippen LogP contribution in [0.4, 0.5) is 4.79 Å². The van der Waals surface area contributed by atoms with Crippen LogP contribution < -0.4 is 5.32 Å². The van der Waals surface area contributed by atoms with Gasteiger partial charge in [0.05, 0.1) is 12.4 Å². The number of piperidine rings is 1. The highest BCUT2D eigenvalue weighted by Crippen LogP contribution is 2.38. The predicted octanol–water partition coefficient (Wildman–Crippen LogP) is 3.84. The summed E-state index contributed by atoms with van der Waals surface area (Å²) in [5, 5.41) is 3.32. The second-order valence-electron chi connectivity index (χ2n) is 7.30. The van der Waals surface area contributed by atoms with Gasteiger partial charge in [0.15, 0.2) is 0 Å². The zero-order valence-corrected chi connectivity index (χ0v) is 14.5. The van der Waals surface area contributed by atoms with E-state index in [0.29, 0.717) is 11.8 Å². The van der Waals surface area contributed by atoms with Crippen molar-refractivity contribution in [3.63, 3.8) is 0 Å². The number of urea groups is 1. The maximum Gasteiger partial charge on any atom is 0.317 e. The van der Waals surface area contributed by atoms with Gasteiger partial charge in [-0.25, -0.2) is 9.78 Å². The van der Waals surface area contributed by atoms with Gasteiger partial charge in [-0.3, -0.25) is 0 Å². The molecule has 1 atom stereocenters. The van der Waals surface area contributed by atoms with Crippen LogP contribution >= 0.6 is 0 Å². The summed E-state index contributed by atoms with van der Waals surface area (Å²) < 4.78 is 0. The summed E-state index contributed by atoms with van der Waals surface area (Å²) in [6.45, 7) is 1.61. The number of hydrogen-bond acceptors (Lipinski definition) is 2. The van der Waals surface area contributed by atoms with Gasteiger partial charge in [0.2, 0.25) is 0 Å². The van der Waals surface area contributed by atoms with Gasteiger partial charge in [0, 0.05) is 30.9 Å². The Morgan fingerprint density at radius 2 is 1.92 bits per heavy atom. The average molecular weight is 338 g/mol. The molecule has 1 aromatic heterocycles. The number of imidazole rings is 1. The van der Waals surface area contributed by atoms with Crippen molar-refractivity contribution in [1.29, 1.82) is 0 Å². The molecule has 0 radical (unpaired) electrons. The first-order chi connectivity index (χ1) is 12.3. The number of nitrogens with zero attached hydrogens (tertiary/aromatic N) is 2. The van der Waals surface area contributed by atoms with E-state index in [4.69, 9.17) is 0 Å². The molecule has 1 saturated heterocycles. The summed E-state index contributed by atoms with van der Waals surface area (Å²) in [6.07, 6.45) is 9.33. The Morgan fingerprint density at radius 3 is 2.52 bits per heavy atom. The van der Waals surface area contributed by atoms with Crippen LogP contribution in [-0.2, 0) is 0 Å². The van der Waals surface area contributed by atoms with Gasteiger partial charge in [0.25, 0.3) is 0 Å². The number of H-pyrrole nitrogens is 1. The molecule has 0 spiro atoms. The third kappa shape index (κ3) is 3.55. The summed E-state index contributed by atoms with van der Waals surface area (Å²) in [5.41, 5.74) is 2.42. The first kappa shape index (κ1) is 16.2. The molecule has 1 aliphatic heterocycles. The molecule has 2 N–H and O–H groups in total. The molecule has 2 heterocycles. The molecular formula is C20H26N4O. The molecule has 1 saturated carbocycles. The smallest absolute Gasteiger partial charge is 0.317 e. The lowest BCUT2D eigenvalue weighted by molar-refractivity contribution is 0.162. The van der Waals surface area contributed by atoms with Crippen molar-refractivity contribution < 1.29 is 4.79 Å². The molecule has 1 aliphatic carbocycles. The zero-order valence-electron chi connectivity index (χ0n) is 14.5. The Bertz CT molecular complexity index is 673. The van der Waals surface area contributed by atoms with Crippen molar-refractivity contribution in [1.82, 2.24) is 20.2 Å². The summed E-state index contributed by atoms with van der Waals surface area (Å²) >= 11 is 0. The Hall–Kier alpha value is -2.30. The summed E-state index contributed by atoms with van der Waals surface area (Å²) in [6, 6.07) is 10.6. The second-order valence-corrected chi connectivity index (χ2v) is 7.30. The van der Waals surface area contributed by atoms with Crippen molar-refractivity contribution in [3.8, 4) is 0 Å². The van der Waals surface area contributed by atoms with E-state index >= 15 is 0 Å². The van der Waals surface area contributed by atoms with Crippen molar-refractivity contribution in [3.05, 3.63) is 54.1 Å². The van der Waals surface area contributed by atoms with E-state index in [1.54, 1.807) is 6.33 Å². The Labute approximate surface area is 148 Å². The zero-order chi connectivity index (χ0) is 17.1. The minimum atomic E-state index is 0.0869.